The second-order valence-electron chi connectivity index (χ2n) is 4.66. The Balaban J connectivity index is 1.98. The van der Waals surface area contributed by atoms with E-state index in [2.05, 4.69) is 20.5 Å². The first-order valence-electron chi connectivity index (χ1n) is 6.63. The summed E-state index contributed by atoms with van der Waals surface area (Å²) in [6.07, 6.45) is 4.07. The Labute approximate surface area is 127 Å². The number of aryl methyl sites for hydroxylation is 1. The van der Waals surface area contributed by atoms with E-state index in [1.165, 1.54) is 0 Å². The van der Waals surface area contributed by atoms with Gasteiger partial charge in [-0.1, -0.05) is 11.6 Å². The highest BCUT2D eigenvalue weighted by Crippen LogP contribution is 2.13. The fourth-order valence-corrected chi connectivity index (χ4v) is 2.15. The van der Waals surface area contributed by atoms with Crippen molar-refractivity contribution in [3.63, 3.8) is 0 Å². The van der Waals surface area contributed by atoms with Crippen molar-refractivity contribution in [1.82, 2.24) is 25.1 Å². The lowest BCUT2D eigenvalue weighted by Gasteiger charge is -2.14. The number of ether oxygens (including phenoxy) is 1. The first-order valence-corrected chi connectivity index (χ1v) is 7.01. The molecule has 0 saturated heterocycles. The molecule has 0 fully saturated rings. The smallest absolute Gasteiger partial charge is 0.268 e. The Morgan fingerprint density at radius 2 is 2.43 bits per heavy atom. The van der Waals surface area contributed by atoms with Gasteiger partial charge in [0.05, 0.1) is 11.1 Å². The summed E-state index contributed by atoms with van der Waals surface area (Å²) in [5, 5.41) is 11.3. The zero-order valence-electron chi connectivity index (χ0n) is 12.0. The summed E-state index contributed by atoms with van der Waals surface area (Å²) in [7, 11) is 1.66. The summed E-state index contributed by atoms with van der Waals surface area (Å²) in [5.74, 6) is 0.470. The predicted octanol–water partition coefficient (Wildman–Crippen LogP) is 1.79. The molecule has 114 valence electrons. The van der Waals surface area contributed by atoms with Gasteiger partial charge in [-0.15, -0.1) is 10.2 Å². The molecule has 0 radical (unpaired) electrons. The van der Waals surface area contributed by atoms with Crippen LogP contribution in [0.15, 0.2) is 18.6 Å². The minimum atomic E-state index is -0.260. The number of amides is 1. The Morgan fingerprint density at radius 3 is 3.10 bits per heavy atom. The van der Waals surface area contributed by atoms with Crippen LogP contribution in [0.4, 0.5) is 0 Å². The number of methoxy groups -OCH3 is 1. The van der Waals surface area contributed by atoms with Gasteiger partial charge in [-0.2, -0.15) is 0 Å². The molecule has 0 aliphatic heterocycles. The van der Waals surface area contributed by atoms with Crippen LogP contribution in [0.3, 0.4) is 0 Å². The number of halogens is 1. The van der Waals surface area contributed by atoms with Gasteiger partial charge in [0.25, 0.3) is 5.91 Å². The third-order valence-electron chi connectivity index (χ3n) is 3.02. The standard InChI is InChI=1S/C13H18ClN5O2/c1-9(17-13(20)11-6-10(14)7-15-11)12-18-16-8-19(12)4-3-5-21-2/h6-9,15H,3-5H2,1-2H3,(H,17,20)/t9-/m1/s1. The molecule has 1 amide bonds. The van der Waals surface area contributed by atoms with Gasteiger partial charge in [0.1, 0.15) is 12.0 Å². The predicted molar refractivity (Wildman–Crippen MR) is 78.2 cm³/mol. The molecular formula is C13H18ClN5O2. The topological polar surface area (TPSA) is 84.8 Å². The van der Waals surface area contributed by atoms with Crippen molar-refractivity contribution in [2.75, 3.05) is 13.7 Å². The molecule has 0 saturated carbocycles. The van der Waals surface area contributed by atoms with E-state index >= 15 is 0 Å². The average Bonchev–Trinajstić information content (AvgIpc) is 3.08. The number of aromatic amines is 1. The maximum Gasteiger partial charge on any atom is 0.268 e. The van der Waals surface area contributed by atoms with E-state index in [4.69, 9.17) is 16.3 Å². The minimum Gasteiger partial charge on any atom is -0.385 e. The molecule has 8 heteroatoms. The SMILES string of the molecule is COCCCn1cnnc1[C@@H](C)NC(=O)c1cc(Cl)c[nH]1. The number of H-pyrrole nitrogens is 1. The van der Waals surface area contributed by atoms with Crippen molar-refractivity contribution in [1.29, 1.82) is 0 Å². The lowest BCUT2D eigenvalue weighted by molar-refractivity contribution is 0.0933. The van der Waals surface area contributed by atoms with E-state index in [0.717, 1.165) is 13.0 Å². The van der Waals surface area contributed by atoms with Crippen LogP contribution < -0.4 is 5.32 Å². The largest absolute Gasteiger partial charge is 0.385 e. The Kier molecular flexibility index (Phi) is 5.35. The highest BCUT2D eigenvalue weighted by Gasteiger charge is 2.17. The van der Waals surface area contributed by atoms with Crippen LogP contribution in [0.25, 0.3) is 0 Å². The minimum absolute atomic E-state index is 0.235. The number of nitrogens with one attached hydrogen (secondary N) is 2. The second kappa shape index (κ2) is 7.24. The zero-order chi connectivity index (χ0) is 15.2. The number of carbonyl (C=O) groups excluding carboxylic acids is 1. The van der Waals surface area contributed by atoms with Crippen molar-refractivity contribution in [2.24, 2.45) is 0 Å². The first kappa shape index (κ1) is 15.5. The van der Waals surface area contributed by atoms with Crippen molar-refractivity contribution in [3.05, 3.63) is 35.1 Å². The molecule has 0 aliphatic rings. The molecule has 2 heterocycles. The fourth-order valence-electron chi connectivity index (χ4n) is 1.99. The van der Waals surface area contributed by atoms with Crippen LogP contribution in [-0.4, -0.2) is 39.4 Å². The summed E-state index contributed by atoms with van der Waals surface area (Å²) in [4.78, 5) is 14.9. The third-order valence-corrected chi connectivity index (χ3v) is 3.24. The van der Waals surface area contributed by atoms with Crippen LogP contribution in [0.5, 0.6) is 0 Å². The molecule has 2 N–H and O–H groups in total. The van der Waals surface area contributed by atoms with E-state index < -0.39 is 0 Å². The lowest BCUT2D eigenvalue weighted by Crippen LogP contribution is -2.29. The summed E-state index contributed by atoms with van der Waals surface area (Å²) < 4.78 is 6.93. The van der Waals surface area contributed by atoms with E-state index in [1.54, 1.807) is 25.7 Å². The van der Waals surface area contributed by atoms with Crippen LogP contribution in [0.2, 0.25) is 5.02 Å². The quantitative estimate of drug-likeness (QED) is 0.763. The highest BCUT2D eigenvalue weighted by molar-refractivity contribution is 6.30. The average molecular weight is 312 g/mol. The van der Waals surface area contributed by atoms with Crippen LogP contribution in [0.1, 0.15) is 35.7 Å². The van der Waals surface area contributed by atoms with Gasteiger partial charge in [-0.25, -0.2) is 0 Å². The van der Waals surface area contributed by atoms with Gasteiger partial charge in [-0.05, 0) is 19.4 Å². The normalized spacial score (nSPS) is 12.3. The maximum absolute atomic E-state index is 12.1. The zero-order valence-corrected chi connectivity index (χ0v) is 12.7. The Hall–Kier alpha value is -1.86. The number of nitrogens with zero attached hydrogens (tertiary/aromatic N) is 3. The van der Waals surface area contributed by atoms with E-state index in [9.17, 15) is 4.79 Å². The van der Waals surface area contributed by atoms with Crippen molar-refractivity contribution in [2.45, 2.75) is 25.9 Å². The van der Waals surface area contributed by atoms with Crippen LogP contribution in [-0.2, 0) is 11.3 Å². The molecule has 2 rings (SSSR count). The van der Waals surface area contributed by atoms with E-state index in [1.807, 2.05) is 11.5 Å². The molecule has 7 nitrogen and oxygen atoms in total. The van der Waals surface area contributed by atoms with Crippen LogP contribution in [0, 0.1) is 0 Å². The number of rotatable bonds is 7. The van der Waals surface area contributed by atoms with Gasteiger partial charge in [-0.3, -0.25) is 4.79 Å². The third kappa shape index (κ3) is 4.05. The molecular weight excluding hydrogens is 294 g/mol. The number of hydrogen-bond acceptors (Lipinski definition) is 4. The molecule has 0 bridgehead atoms. The van der Waals surface area contributed by atoms with Gasteiger partial charge < -0.3 is 19.6 Å². The van der Waals surface area contributed by atoms with Gasteiger partial charge >= 0.3 is 0 Å². The summed E-state index contributed by atoms with van der Waals surface area (Å²) in [5.41, 5.74) is 0.414. The monoisotopic (exact) mass is 311 g/mol. The number of aromatic nitrogens is 4. The maximum atomic E-state index is 12.1. The summed E-state index contributed by atoms with van der Waals surface area (Å²) >= 11 is 5.79. The van der Waals surface area contributed by atoms with Crippen LogP contribution >= 0.6 is 11.6 Å². The Bertz CT molecular complexity index is 595. The lowest BCUT2D eigenvalue weighted by atomic mass is 10.3. The molecule has 0 aliphatic carbocycles. The number of carbonyl (C=O) groups is 1. The Morgan fingerprint density at radius 1 is 1.62 bits per heavy atom. The summed E-state index contributed by atoms with van der Waals surface area (Å²) in [6, 6.07) is 1.32. The van der Waals surface area contributed by atoms with Crippen molar-refractivity contribution in [3.8, 4) is 0 Å². The van der Waals surface area contributed by atoms with Crippen molar-refractivity contribution >= 4 is 17.5 Å². The molecule has 2 aromatic rings. The van der Waals surface area contributed by atoms with Gasteiger partial charge in [0.15, 0.2) is 5.82 Å². The number of hydrogen-bond donors (Lipinski definition) is 2. The van der Waals surface area contributed by atoms with Crippen molar-refractivity contribution < 1.29 is 9.53 Å². The molecule has 0 spiro atoms. The van der Waals surface area contributed by atoms with Gasteiger partial charge in [0.2, 0.25) is 0 Å². The summed E-state index contributed by atoms with van der Waals surface area (Å²) in [6.45, 7) is 3.27. The fraction of sp³-hybridized carbons (Fsp3) is 0.462. The van der Waals surface area contributed by atoms with Gasteiger partial charge in [0, 0.05) is 26.5 Å². The molecule has 2 aromatic heterocycles. The first-order chi connectivity index (χ1) is 10.1. The highest BCUT2D eigenvalue weighted by atomic mass is 35.5. The molecule has 0 aromatic carbocycles. The van der Waals surface area contributed by atoms with E-state index in [0.29, 0.717) is 23.1 Å². The molecule has 1 atom stereocenters. The van der Waals surface area contributed by atoms with E-state index in [-0.39, 0.29) is 11.9 Å². The molecule has 21 heavy (non-hydrogen) atoms. The second-order valence-corrected chi connectivity index (χ2v) is 5.09. The molecule has 0 unspecified atom stereocenters.